The number of nitrogens with zero attached hydrogens (tertiary/aromatic N) is 6. The predicted molar refractivity (Wildman–Crippen MR) is 95.6 cm³/mol. The molecule has 0 aliphatic carbocycles. The molecule has 2 aromatic heterocycles. The molecule has 2 aliphatic heterocycles. The average molecular weight is 356 g/mol. The summed E-state index contributed by atoms with van der Waals surface area (Å²) in [4.78, 5) is 29.3. The standard InChI is InChI=1S/C18H24N6O2/c1-22-9-6-20-16(22)17(26)23-7-3-18(4-8-23)12-24(10-14(18)11-25)15-2-5-19-13-21-15/h2,5-6,9,13-14,25H,3-4,7-8,10-12H2,1H3. The van der Waals surface area contributed by atoms with E-state index in [0.717, 1.165) is 31.7 Å². The van der Waals surface area contributed by atoms with Crippen LogP contribution in [0.2, 0.25) is 0 Å². The molecule has 2 aliphatic rings. The normalized spacial score (nSPS) is 22.2. The van der Waals surface area contributed by atoms with Gasteiger partial charge in [0.15, 0.2) is 5.82 Å². The number of aryl methyl sites for hydroxylation is 1. The van der Waals surface area contributed by atoms with Crippen molar-refractivity contribution in [1.29, 1.82) is 0 Å². The number of amides is 1. The maximum absolute atomic E-state index is 12.7. The van der Waals surface area contributed by atoms with Crippen molar-refractivity contribution in [3.8, 4) is 0 Å². The van der Waals surface area contributed by atoms with Gasteiger partial charge in [0, 0.05) is 64.3 Å². The van der Waals surface area contributed by atoms with Crippen molar-refractivity contribution in [2.45, 2.75) is 12.8 Å². The van der Waals surface area contributed by atoms with E-state index in [1.54, 1.807) is 29.5 Å². The van der Waals surface area contributed by atoms with Crippen molar-refractivity contribution in [2.24, 2.45) is 18.4 Å². The number of hydrogen-bond acceptors (Lipinski definition) is 6. The minimum absolute atomic E-state index is 0.0152. The molecule has 8 heteroatoms. The fourth-order valence-corrected chi connectivity index (χ4v) is 4.36. The van der Waals surface area contributed by atoms with Crippen molar-refractivity contribution >= 4 is 11.7 Å². The number of anilines is 1. The zero-order valence-electron chi connectivity index (χ0n) is 15.0. The van der Waals surface area contributed by atoms with E-state index in [1.165, 1.54) is 0 Å². The third-order valence-electron chi connectivity index (χ3n) is 5.98. The third-order valence-corrected chi connectivity index (χ3v) is 5.98. The van der Waals surface area contributed by atoms with E-state index < -0.39 is 0 Å². The molecular formula is C18H24N6O2. The van der Waals surface area contributed by atoms with Gasteiger partial charge < -0.3 is 19.5 Å². The molecule has 0 radical (unpaired) electrons. The number of carbonyl (C=O) groups is 1. The van der Waals surface area contributed by atoms with Crippen molar-refractivity contribution in [2.75, 3.05) is 37.7 Å². The predicted octanol–water partition coefficient (Wildman–Crippen LogP) is 0.561. The summed E-state index contributed by atoms with van der Waals surface area (Å²) in [5, 5.41) is 9.96. The van der Waals surface area contributed by atoms with E-state index >= 15 is 0 Å². The largest absolute Gasteiger partial charge is 0.396 e. The molecule has 0 aromatic carbocycles. The minimum atomic E-state index is -0.0152. The van der Waals surface area contributed by atoms with Crippen LogP contribution in [0.1, 0.15) is 23.5 Å². The van der Waals surface area contributed by atoms with Gasteiger partial charge in [-0.1, -0.05) is 0 Å². The molecule has 26 heavy (non-hydrogen) atoms. The molecule has 4 rings (SSSR count). The lowest BCUT2D eigenvalue weighted by atomic mass is 9.71. The van der Waals surface area contributed by atoms with Gasteiger partial charge in [0.25, 0.3) is 5.91 Å². The summed E-state index contributed by atoms with van der Waals surface area (Å²) in [5.74, 6) is 1.57. The van der Waals surface area contributed by atoms with Gasteiger partial charge in [-0.15, -0.1) is 0 Å². The number of likely N-dealkylation sites (tertiary alicyclic amines) is 1. The first-order valence-corrected chi connectivity index (χ1v) is 9.01. The number of rotatable bonds is 3. The molecule has 0 saturated carbocycles. The number of carbonyl (C=O) groups excluding carboxylic acids is 1. The zero-order chi connectivity index (χ0) is 18.1. The summed E-state index contributed by atoms with van der Waals surface area (Å²) in [6.07, 6.45) is 8.51. The van der Waals surface area contributed by atoms with Crippen LogP contribution in [0, 0.1) is 11.3 Å². The first-order valence-electron chi connectivity index (χ1n) is 9.01. The Kier molecular flexibility index (Phi) is 4.36. The Morgan fingerprint density at radius 1 is 1.31 bits per heavy atom. The first-order chi connectivity index (χ1) is 12.6. The van der Waals surface area contributed by atoms with Gasteiger partial charge in [0.05, 0.1) is 0 Å². The van der Waals surface area contributed by atoms with E-state index in [9.17, 15) is 9.90 Å². The lowest BCUT2D eigenvalue weighted by Gasteiger charge is -2.42. The quantitative estimate of drug-likeness (QED) is 0.865. The molecule has 1 N–H and O–H groups in total. The maximum Gasteiger partial charge on any atom is 0.289 e. The van der Waals surface area contributed by atoms with Crippen LogP contribution < -0.4 is 4.90 Å². The van der Waals surface area contributed by atoms with Crippen LogP contribution in [0.15, 0.2) is 31.0 Å². The molecule has 1 unspecified atom stereocenters. The summed E-state index contributed by atoms with van der Waals surface area (Å²) >= 11 is 0. The van der Waals surface area contributed by atoms with Crippen LogP contribution in [-0.2, 0) is 7.05 Å². The Morgan fingerprint density at radius 3 is 2.73 bits per heavy atom. The van der Waals surface area contributed by atoms with Crippen molar-refractivity contribution in [3.05, 3.63) is 36.8 Å². The molecule has 4 heterocycles. The molecular weight excluding hydrogens is 332 g/mol. The van der Waals surface area contributed by atoms with E-state index in [2.05, 4.69) is 19.9 Å². The lowest BCUT2D eigenvalue weighted by Crippen LogP contribution is -2.47. The van der Waals surface area contributed by atoms with E-state index in [-0.39, 0.29) is 23.8 Å². The van der Waals surface area contributed by atoms with Crippen molar-refractivity contribution in [3.63, 3.8) is 0 Å². The van der Waals surface area contributed by atoms with Crippen molar-refractivity contribution in [1.82, 2.24) is 24.4 Å². The number of hydrogen-bond donors (Lipinski definition) is 1. The summed E-state index contributed by atoms with van der Waals surface area (Å²) in [5.41, 5.74) is 0.0259. The Morgan fingerprint density at radius 2 is 2.12 bits per heavy atom. The van der Waals surface area contributed by atoms with E-state index in [4.69, 9.17) is 0 Å². The van der Waals surface area contributed by atoms with Crippen LogP contribution in [0.3, 0.4) is 0 Å². The van der Waals surface area contributed by atoms with Gasteiger partial charge in [-0.05, 0) is 24.3 Å². The molecule has 2 fully saturated rings. The highest BCUT2D eigenvalue weighted by Crippen LogP contribution is 2.45. The Balaban J connectivity index is 1.47. The molecule has 2 saturated heterocycles. The third kappa shape index (κ3) is 2.84. The number of aliphatic hydroxyl groups is 1. The Labute approximate surface area is 152 Å². The number of aliphatic hydroxyl groups excluding tert-OH is 1. The summed E-state index contributed by atoms with van der Waals surface area (Å²) < 4.78 is 1.76. The minimum Gasteiger partial charge on any atom is -0.396 e. The number of aromatic nitrogens is 4. The second-order valence-corrected chi connectivity index (χ2v) is 7.34. The SMILES string of the molecule is Cn1ccnc1C(=O)N1CCC2(CC1)CN(c1ccncn1)CC2CO. The molecule has 1 atom stereocenters. The van der Waals surface area contributed by atoms with Gasteiger partial charge >= 0.3 is 0 Å². The maximum atomic E-state index is 12.7. The molecule has 1 spiro atoms. The summed E-state index contributed by atoms with van der Waals surface area (Å²) in [6, 6.07) is 1.91. The summed E-state index contributed by atoms with van der Waals surface area (Å²) in [7, 11) is 1.84. The monoisotopic (exact) mass is 356 g/mol. The van der Waals surface area contributed by atoms with Crippen LogP contribution in [0.4, 0.5) is 5.82 Å². The molecule has 1 amide bonds. The van der Waals surface area contributed by atoms with Gasteiger partial charge in [-0.25, -0.2) is 15.0 Å². The highest BCUT2D eigenvalue weighted by atomic mass is 16.3. The Bertz CT molecular complexity index is 769. The smallest absolute Gasteiger partial charge is 0.289 e. The van der Waals surface area contributed by atoms with Gasteiger partial charge in [-0.3, -0.25) is 4.79 Å². The Hall–Kier alpha value is -2.48. The van der Waals surface area contributed by atoms with Crippen LogP contribution in [-0.4, -0.2) is 68.2 Å². The molecule has 138 valence electrons. The van der Waals surface area contributed by atoms with Crippen molar-refractivity contribution < 1.29 is 9.90 Å². The number of piperidine rings is 1. The van der Waals surface area contributed by atoms with Gasteiger partial charge in [-0.2, -0.15) is 0 Å². The average Bonchev–Trinajstić information content (AvgIpc) is 3.26. The van der Waals surface area contributed by atoms with E-state index in [0.29, 0.717) is 18.9 Å². The van der Waals surface area contributed by atoms with E-state index in [1.807, 2.05) is 18.0 Å². The molecule has 0 bridgehead atoms. The van der Waals surface area contributed by atoms with Gasteiger partial charge in [0.2, 0.25) is 0 Å². The van der Waals surface area contributed by atoms with Gasteiger partial charge in [0.1, 0.15) is 12.1 Å². The zero-order valence-corrected chi connectivity index (χ0v) is 15.0. The second-order valence-electron chi connectivity index (χ2n) is 7.34. The van der Waals surface area contributed by atoms with Crippen LogP contribution in [0.5, 0.6) is 0 Å². The highest BCUT2D eigenvalue weighted by Gasteiger charge is 2.48. The highest BCUT2D eigenvalue weighted by molar-refractivity contribution is 5.90. The lowest BCUT2D eigenvalue weighted by molar-refractivity contribution is 0.0405. The molecule has 8 nitrogen and oxygen atoms in total. The number of imidazole rings is 1. The topological polar surface area (TPSA) is 87.4 Å². The molecule has 2 aromatic rings. The first kappa shape index (κ1) is 17.0. The fourth-order valence-electron chi connectivity index (χ4n) is 4.36. The second kappa shape index (κ2) is 6.68. The fraction of sp³-hybridized carbons (Fsp3) is 0.556. The summed E-state index contributed by atoms with van der Waals surface area (Å²) in [6.45, 7) is 3.20. The van der Waals surface area contributed by atoms with Crippen LogP contribution >= 0.6 is 0 Å². The van der Waals surface area contributed by atoms with Crippen LogP contribution in [0.25, 0.3) is 0 Å².